The molecule has 1 amide bonds. The van der Waals surface area contributed by atoms with Crippen LogP contribution in [0.2, 0.25) is 0 Å². The van der Waals surface area contributed by atoms with E-state index in [-0.39, 0.29) is 24.4 Å². The number of rotatable bonds is 4. The van der Waals surface area contributed by atoms with Gasteiger partial charge in [0.05, 0.1) is 5.92 Å². The average molecular weight is 420 g/mol. The van der Waals surface area contributed by atoms with Gasteiger partial charge in [0.1, 0.15) is 11.6 Å². The molecule has 0 saturated carbocycles. The first-order valence-electron chi connectivity index (χ1n) is 10.2. The molecule has 7 nitrogen and oxygen atoms in total. The van der Waals surface area contributed by atoms with E-state index in [1.807, 2.05) is 12.1 Å². The van der Waals surface area contributed by atoms with Gasteiger partial charge in [0.15, 0.2) is 17.3 Å². The standard InChI is InChI=1S/C23H21FN4O3/c24-17-5-3-15(4-6-17)22-25-10-9-21(27-22)28-11-1-2-16(13-28)23(29)26-18-7-8-19-20(12-18)31-14-30-19/h3-10,12,16H,1-2,11,13-14H2,(H,26,29). The third-order valence-corrected chi connectivity index (χ3v) is 5.50. The Kier molecular flexibility index (Phi) is 5.11. The molecule has 0 bridgehead atoms. The zero-order valence-corrected chi connectivity index (χ0v) is 16.8. The number of carbonyl (C=O) groups excluding carboxylic acids is 1. The van der Waals surface area contributed by atoms with Crippen molar-refractivity contribution in [2.75, 3.05) is 30.1 Å². The van der Waals surface area contributed by atoms with Gasteiger partial charge >= 0.3 is 0 Å². The minimum absolute atomic E-state index is 0.0311. The van der Waals surface area contributed by atoms with Gasteiger partial charge in [0, 0.05) is 36.6 Å². The van der Waals surface area contributed by atoms with Crippen LogP contribution in [0, 0.1) is 11.7 Å². The Morgan fingerprint density at radius 2 is 1.94 bits per heavy atom. The molecule has 5 rings (SSSR count). The number of carbonyl (C=O) groups is 1. The van der Waals surface area contributed by atoms with E-state index in [1.54, 1.807) is 30.5 Å². The number of amides is 1. The van der Waals surface area contributed by atoms with E-state index in [4.69, 9.17) is 9.47 Å². The highest BCUT2D eigenvalue weighted by atomic mass is 19.1. The van der Waals surface area contributed by atoms with E-state index >= 15 is 0 Å². The molecule has 0 aliphatic carbocycles. The van der Waals surface area contributed by atoms with Crippen molar-refractivity contribution in [1.29, 1.82) is 0 Å². The minimum Gasteiger partial charge on any atom is -0.454 e. The summed E-state index contributed by atoms with van der Waals surface area (Å²) in [6.45, 7) is 1.58. The molecule has 1 N–H and O–H groups in total. The number of fused-ring (bicyclic) bond motifs is 1. The molecule has 1 atom stereocenters. The number of halogens is 1. The quantitative estimate of drug-likeness (QED) is 0.691. The number of aromatic nitrogens is 2. The Hall–Kier alpha value is -3.68. The van der Waals surface area contributed by atoms with Crippen molar-refractivity contribution in [2.45, 2.75) is 12.8 Å². The molecule has 3 aromatic rings. The molecule has 0 radical (unpaired) electrons. The Labute approximate surface area is 178 Å². The number of anilines is 2. The summed E-state index contributed by atoms with van der Waals surface area (Å²) in [5, 5.41) is 2.99. The van der Waals surface area contributed by atoms with Gasteiger partial charge in [-0.3, -0.25) is 4.79 Å². The van der Waals surface area contributed by atoms with Gasteiger partial charge < -0.3 is 19.7 Å². The lowest BCUT2D eigenvalue weighted by atomic mass is 9.97. The number of nitrogens with zero attached hydrogens (tertiary/aromatic N) is 3. The van der Waals surface area contributed by atoms with Crippen LogP contribution < -0.4 is 19.7 Å². The lowest BCUT2D eigenvalue weighted by Gasteiger charge is -2.33. The maximum Gasteiger partial charge on any atom is 0.231 e. The normalized spacial score (nSPS) is 17.5. The van der Waals surface area contributed by atoms with Crippen molar-refractivity contribution >= 4 is 17.4 Å². The highest BCUT2D eigenvalue weighted by molar-refractivity contribution is 5.93. The molecule has 1 aromatic heterocycles. The molecular weight excluding hydrogens is 399 g/mol. The highest BCUT2D eigenvalue weighted by Crippen LogP contribution is 2.34. The molecule has 1 saturated heterocycles. The van der Waals surface area contributed by atoms with Crippen LogP contribution in [0.1, 0.15) is 12.8 Å². The number of ether oxygens (including phenoxy) is 2. The average Bonchev–Trinajstić information content (AvgIpc) is 3.28. The number of benzene rings is 2. The Bertz CT molecular complexity index is 1110. The number of piperidine rings is 1. The van der Waals surface area contributed by atoms with E-state index < -0.39 is 0 Å². The summed E-state index contributed by atoms with van der Waals surface area (Å²) in [6, 6.07) is 13.3. The summed E-state index contributed by atoms with van der Waals surface area (Å²) in [6.07, 6.45) is 3.38. The maximum atomic E-state index is 13.2. The summed E-state index contributed by atoms with van der Waals surface area (Å²) in [4.78, 5) is 23.9. The summed E-state index contributed by atoms with van der Waals surface area (Å²) in [7, 11) is 0. The summed E-state index contributed by atoms with van der Waals surface area (Å²) in [5.41, 5.74) is 1.43. The molecule has 1 unspecified atom stereocenters. The molecule has 3 heterocycles. The zero-order valence-electron chi connectivity index (χ0n) is 16.8. The van der Waals surface area contributed by atoms with Crippen LogP contribution in [-0.2, 0) is 4.79 Å². The molecule has 2 aliphatic heterocycles. The lowest BCUT2D eigenvalue weighted by Crippen LogP contribution is -2.41. The molecule has 2 aromatic carbocycles. The monoisotopic (exact) mass is 420 g/mol. The van der Waals surface area contributed by atoms with Gasteiger partial charge in [-0.2, -0.15) is 0 Å². The van der Waals surface area contributed by atoms with Gasteiger partial charge in [0.2, 0.25) is 12.7 Å². The lowest BCUT2D eigenvalue weighted by molar-refractivity contribution is -0.120. The van der Waals surface area contributed by atoms with Crippen molar-refractivity contribution in [1.82, 2.24) is 9.97 Å². The smallest absolute Gasteiger partial charge is 0.231 e. The van der Waals surface area contributed by atoms with Crippen LogP contribution in [0.25, 0.3) is 11.4 Å². The number of nitrogens with one attached hydrogen (secondary N) is 1. The summed E-state index contributed by atoms with van der Waals surface area (Å²) < 4.78 is 23.9. The van der Waals surface area contributed by atoms with E-state index in [0.717, 1.165) is 30.8 Å². The second-order valence-electron chi connectivity index (χ2n) is 7.59. The molecule has 31 heavy (non-hydrogen) atoms. The molecule has 8 heteroatoms. The van der Waals surface area contributed by atoms with Crippen LogP contribution in [0.3, 0.4) is 0 Å². The van der Waals surface area contributed by atoms with E-state index in [0.29, 0.717) is 29.6 Å². The molecular formula is C23H21FN4O3. The maximum absolute atomic E-state index is 13.2. The fourth-order valence-electron chi connectivity index (χ4n) is 3.88. The number of hydrogen-bond acceptors (Lipinski definition) is 6. The first kappa shape index (κ1) is 19.3. The van der Waals surface area contributed by atoms with Crippen LogP contribution in [0.15, 0.2) is 54.7 Å². The van der Waals surface area contributed by atoms with Crippen molar-refractivity contribution in [3.63, 3.8) is 0 Å². The van der Waals surface area contributed by atoms with E-state index in [2.05, 4.69) is 20.2 Å². The largest absolute Gasteiger partial charge is 0.454 e. The topological polar surface area (TPSA) is 76.6 Å². The van der Waals surface area contributed by atoms with Gasteiger partial charge in [-0.25, -0.2) is 14.4 Å². The summed E-state index contributed by atoms with van der Waals surface area (Å²) in [5.74, 6) is 2.12. The molecule has 0 spiro atoms. The second-order valence-corrected chi connectivity index (χ2v) is 7.59. The number of hydrogen-bond donors (Lipinski definition) is 1. The predicted octanol–water partition coefficient (Wildman–Crippen LogP) is 3.87. The molecule has 2 aliphatic rings. The second kappa shape index (κ2) is 8.22. The fourth-order valence-corrected chi connectivity index (χ4v) is 3.88. The van der Waals surface area contributed by atoms with Gasteiger partial charge in [-0.15, -0.1) is 0 Å². The van der Waals surface area contributed by atoms with Crippen LogP contribution in [0.5, 0.6) is 11.5 Å². The van der Waals surface area contributed by atoms with Crippen LogP contribution >= 0.6 is 0 Å². The zero-order chi connectivity index (χ0) is 21.2. The van der Waals surface area contributed by atoms with Crippen molar-refractivity contribution in [3.8, 4) is 22.9 Å². The highest BCUT2D eigenvalue weighted by Gasteiger charge is 2.27. The third-order valence-electron chi connectivity index (χ3n) is 5.50. The van der Waals surface area contributed by atoms with E-state index in [9.17, 15) is 9.18 Å². The summed E-state index contributed by atoms with van der Waals surface area (Å²) >= 11 is 0. The SMILES string of the molecule is O=C(Nc1ccc2c(c1)OCO2)C1CCCN(c2ccnc(-c3ccc(F)cc3)n2)C1. The van der Waals surface area contributed by atoms with Crippen molar-refractivity contribution < 1.29 is 18.7 Å². The Morgan fingerprint density at radius 3 is 2.81 bits per heavy atom. The fraction of sp³-hybridized carbons (Fsp3) is 0.261. The first-order valence-corrected chi connectivity index (χ1v) is 10.2. The Balaban J connectivity index is 1.28. The van der Waals surface area contributed by atoms with Gasteiger partial charge in [0.25, 0.3) is 0 Å². The van der Waals surface area contributed by atoms with Crippen LogP contribution in [-0.4, -0.2) is 35.8 Å². The molecule has 158 valence electrons. The predicted molar refractivity (Wildman–Crippen MR) is 114 cm³/mol. The van der Waals surface area contributed by atoms with Crippen LogP contribution in [0.4, 0.5) is 15.9 Å². The molecule has 1 fully saturated rings. The van der Waals surface area contributed by atoms with Crippen molar-refractivity contribution in [3.05, 3.63) is 60.5 Å². The third kappa shape index (κ3) is 4.14. The minimum atomic E-state index is -0.299. The van der Waals surface area contributed by atoms with Gasteiger partial charge in [-0.05, 0) is 55.3 Å². The van der Waals surface area contributed by atoms with Crippen molar-refractivity contribution in [2.24, 2.45) is 5.92 Å². The van der Waals surface area contributed by atoms with E-state index in [1.165, 1.54) is 12.1 Å². The Morgan fingerprint density at radius 1 is 1.10 bits per heavy atom. The van der Waals surface area contributed by atoms with Gasteiger partial charge in [-0.1, -0.05) is 0 Å². The first-order chi connectivity index (χ1) is 15.2.